The summed E-state index contributed by atoms with van der Waals surface area (Å²) in [5.41, 5.74) is 1.11. The number of carbonyl (C=O) groups excluding carboxylic acids is 1. The highest BCUT2D eigenvalue weighted by Crippen LogP contribution is 2.23. The molecule has 0 saturated carbocycles. The molecule has 0 bridgehead atoms. The van der Waals surface area contributed by atoms with Gasteiger partial charge < -0.3 is 4.74 Å². The van der Waals surface area contributed by atoms with Crippen molar-refractivity contribution < 1.29 is 9.53 Å². The van der Waals surface area contributed by atoms with Crippen molar-refractivity contribution in [2.45, 2.75) is 13.3 Å². The smallest absolute Gasteiger partial charge is 0.278 e. The van der Waals surface area contributed by atoms with Gasteiger partial charge in [0, 0.05) is 11.2 Å². The van der Waals surface area contributed by atoms with Crippen LogP contribution in [0.2, 0.25) is 10.0 Å². The molecule has 0 radical (unpaired) electrons. The van der Waals surface area contributed by atoms with E-state index in [-0.39, 0.29) is 18.4 Å². The lowest BCUT2D eigenvalue weighted by Crippen LogP contribution is -2.15. The molecular formula is C20H16Cl2N6O2. The highest BCUT2D eigenvalue weighted by molar-refractivity contribution is 6.32. The summed E-state index contributed by atoms with van der Waals surface area (Å²) in [6.45, 7) is 0.554. The van der Waals surface area contributed by atoms with Crippen LogP contribution in [0.3, 0.4) is 0 Å². The number of hydrogen-bond donors (Lipinski definition) is 1. The monoisotopic (exact) mass is 442 g/mol. The van der Waals surface area contributed by atoms with Crippen LogP contribution in [0.15, 0.2) is 67.1 Å². The minimum atomic E-state index is -0.429. The lowest BCUT2D eigenvalue weighted by Gasteiger charge is -2.07. The molecule has 4 aromatic rings. The summed E-state index contributed by atoms with van der Waals surface area (Å²) in [6, 6.07) is 16.2. The lowest BCUT2D eigenvalue weighted by atomic mass is 10.2. The van der Waals surface area contributed by atoms with Crippen molar-refractivity contribution >= 4 is 35.1 Å². The summed E-state index contributed by atoms with van der Waals surface area (Å²) in [7, 11) is 0. The fourth-order valence-corrected chi connectivity index (χ4v) is 3.03. The maximum atomic E-state index is 12.4. The third-order valence-corrected chi connectivity index (χ3v) is 4.80. The van der Waals surface area contributed by atoms with Gasteiger partial charge in [0.25, 0.3) is 5.91 Å². The molecule has 0 aliphatic heterocycles. The number of aromatic nitrogens is 5. The maximum Gasteiger partial charge on any atom is 0.278 e. The van der Waals surface area contributed by atoms with E-state index in [4.69, 9.17) is 27.9 Å². The molecule has 30 heavy (non-hydrogen) atoms. The van der Waals surface area contributed by atoms with Crippen molar-refractivity contribution in [2.75, 3.05) is 5.32 Å². The van der Waals surface area contributed by atoms with E-state index >= 15 is 0 Å². The lowest BCUT2D eigenvalue weighted by molar-refractivity contribution is 0.101. The molecule has 0 saturated heterocycles. The molecule has 1 N–H and O–H groups in total. The van der Waals surface area contributed by atoms with Crippen molar-refractivity contribution in [1.82, 2.24) is 24.5 Å². The van der Waals surface area contributed by atoms with Crippen LogP contribution in [0.4, 0.5) is 5.95 Å². The van der Waals surface area contributed by atoms with Crippen LogP contribution in [0.5, 0.6) is 5.75 Å². The molecule has 4 rings (SSSR count). The van der Waals surface area contributed by atoms with Crippen molar-refractivity contribution in [3.63, 3.8) is 0 Å². The normalized spacial score (nSPS) is 10.7. The number of ether oxygens (including phenoxy) is 1. The SMILES string of the molecule is O=C(Nc1ncn(Cc2ccccc2Cl)n1)c1ccn(COc2ccccc2Cl)n1. The number of nitrogens with one attached hydrogen (secondary N) is 1. The molecule has 2 aromatic carbocycles. The largest absolute Gasteiger partial charge is 0.470 e. The highest BCUT2D eigenvalue weighted by atomic mass is 35.5. The van der Waals surface area contributed by atoms with Crippen molar-refractivity contribution in [3.8, 4) is 5.75 Å². The van der Waals surface area contributed by atoms with Crippen LogP contribution in [0.25, 0.3) is 0 Å². The summed E-state index contributed by atoms with van der Waals surface area (Å²) >= 11 is 12.2. The number of halogens is 2. The molecule has 10 heteroatoms. The fourth-order valence-electron chi connectivity index (χ4n) is 2.65. The molecule has 152 valence electrons. The maximum absolute atomic E-state index is 12.4. The third-order valence-electron chi connectivity index (χ3n) is 4.11. The quantitative estimate of drug-likeness (QED) is 0.465. The van der Waals surface area contributed by atoms with E-state index in [1.54, 1.807) is 29.1 Å². The molecule has 2 aromatic heterocycles. The number of carbonyl (C=O) groups is 1. The van der Waals surface area contributed by atoms with E-state index in [2.05, 4.69) is 20.5 Å². The number of para-hydroxylation sites is 1. The zero-order valence-electron chi connectivity index (χ0n) is 15.6. The molecule has 1 amide bonds. The number of benzene rings is 2. The van der Waals surface area contributed by atoms with Crippen molar-refractivity contribution in [3.05, 3.63) is 88.4 Å². The van der Waals surface area contributed by atoms with Crippen LogP contribution in [0.1, 0.15) is 16.1 Å². The Morgan fingerprint density at radius 1 is 0.967 bits per heavy atom. The number of nitrogens with zero attached hydrogens (tertiary/aromatic N) is 5. The Hall–Kier alpha value is -3.36. The van der Waals surface area contributed by atoms with Crippen molar-refractivity contribution in [1.29, 1.82) is 0 Å². The first kappa shape index (κ1) is 19.9. The van der Waals surface area contributed by atoms with Crippen molar-refractivity contribution in [2.24, 2.45) is 0 Å². The summed E-state index contributed by atoms with van der Waals surface area (Å²) in [4.78, 5) is 16.5. The van der Waals surface area contributed by atoms with E-state index in [0.717, 1.165) is 5.56 Å². The average molecular weight is 443 g/mol. The molecule has 0 aliphatic carbocycles. The standard InChI is InChI=1S/C20H16Cl2N6O2/c21-15-6-2-1-5-14(15)11-28-12-23-20(26-28)24-19(29)17-9-10-27(25-17)13-30-18-8-4-3-7-16(18)22/h1-10,12H,11,13H2,(H,24,26,29). The molecule has 0 spiro atoms. The van der Waals surface area contributed by atoms with Gasteiger partial charge in [0.05, 0.1) is 11.6 Å². The Labute approximate surface area is 182 Å². The minimum absolute atomic E-state index is 0.113. The van der Waals surface area contributed by atoms with Gasteiger partial charge in [0.15, 0.2) is 12.4 Å². The van der Waals surface area contributed by atoms with E-state index < -0.39 is 5.91 Å². The zero-order valence-corrected chi connectivity index (χ0v) is 17.1. The predicted molar refractivity (Wildman–Crippen MR) is 113 cm³/mol. The van der Waals surface area contributed by atoms with E-state index in [1.165, 1.54) is 11.0 Å². The molecular weight excluding hydrogens is 427 g/mol. The van der Waals surface area contributed by atoms with E-state index in [1.807, 2.05) is 36.4 Å². The molecule has 0 unspecified atom stereocenters. The van der Waals surface area contributed by atoms with Crippen LogP contribution in [0, 0.1) is 0 Å². The van der Waals surface area contributed by atoms with Gasteiger partial charge in [-0.3, -0.25) is 10.1 Å². The Bertz CT molecular complexity index is 1170. The summed E-state index contributed by atoms with van der Waals surface area (Å²) in [6.07, 6.45) is 3.16. The van der Waals surface area contributed by atoms with Gasteiger partial charge in [-0.05, 0) is 29.8 Å². The number of rotatable bonds is 7. The van der Waals surface area contributed by atoms with E-state index in [0.29, 0.717) is 22.3 Å². The van der Waals surface area contributed by atoms with Gasteiger partial charge >= 0.3 is 0 Å². The second kappa shape index (κ2) is 8.98. The Kier molecular flexibility index (Phi) is 5.97. The molecule has 0 atom stereocenters. The van der Waals surface area contributed by atoms with Crippen LogP contribution >= 0.6 is 23.2 Å². The van der Waals surface area contributed by atoms with Gasteiger partial charge in [0.2, 0.25) is 5.95 Å². The topological polar surface area (TPSA) is 86.9 Å². The van der Waals surface area contributed by atoms with Crippen LogP contribution < -0.4 is 10.1 Å². The predicted octanol–water partition coefficient (Wildman–Crippen LogP) is 4.12. The van der Waals surface area contributed by atoms with E-state index in [9.17, 15) is 4.79 Å². The minimum Gasteiger partial charge on any atom is -0.470 e. The second-order valence-corrected chi connectivity index (χ2v) is 7.07. The Morgan fingerprint density at radius 3 is 2.53 bits per heavy atom. The second-order valence-electron chi connectivity index (χ2n) is 6.26. The number of hydrogen-bond acceptors (Lipinski definition) is 5. The Balaban J connectivity index is 1.35. The Morgan fingerprint density at radius 2 is 1.73 bits per heavy atom. The van der Waals surface area contributed by atoms with Crippen LogP contribution in [-0.4, -0.2) is 30.5 Å². The summed E-state index contributed by atoms with van der Waals surface area (Å²) in [5, 5.41) is 12.2. The first-order valence-corrected chi connectivity index (χ1v) is 9.69. The highest BCUT2D eigenvalue weighted by Gasteiger charge is 2.13. The summed E-state index contributed by atoms with van der Waals surface area (Å²) in [5.74, 6) is 0.282. The first-order chi connectivity index (χ1) is 14.6. The molecule has 8 nitrogen and oxygen atoms in total. The number of anilines is 1. The molecule has 0 fully saturated rings. The molecule has 0 aliphatic rings. The molecule has 2 heterocycles. The number of amides is 1. The zero-order chi connectivity index (χ0) is 20.9. The third kappa shape index (κ3) is 4.79. The van der Waals surface area contributed by atoms with Gasteiger partial charge in [-0.1, -0.05) is 53.5 Å². The first-order valence-electron chi connectivity index (χ1n) is 8.93. The van der Waals surface area contributed by atoms with Gasteiger partial charge in [-0.2, -0.15) is 5.10 Å². The van der Waals surface area contributed by atoms with Gasteiger partial charge in [-0.25, -0.2) is 14.3 Å². The van der Waals surface area contributed by atoms with Crippen LogP contribution in [-0.2, 0) is 13.3 Å². The van der Waals surface area contributed by atoms with Gasteiger partial charge in [-0.15, -0.1) is 5.10 Å². The average Bonchev–Trinajstić information content (AvgIpc) is 3.39. The fraction of sp³-hybridized carbons (Fsp3) is 0.100. The van der Waals surface area contributed by atoms with Gasteiger partial charge in [0.1, 0.15) is 12.1 Å². The summed E-state index contributed by atoms with van der Waals surface area (Å²) < 4.78 is 8.68.